The highest BCUT2D eigenvalue weighted by atomic mass is 31.2. The lowest BCUT2D eigenvalue weighted by Crippen LogP contribution is -2.30. The van der Waals surface area contributed by atoms with Crippen molar-refractivity contribution in [3.05, 3.63) is 0 Å². The van der Waals surface area contributed by atoms with E-state index in [1.165, 1.54) is 167 Å². The van der Waals surface area contributed by atoms with Gasteiger partial charge in [0, 0.05) is 25.7 Å². The summed E-state index contributed by atoms with van der Waals surface area (Å²) < 4.78 is 68.4. The fourth-order valence-electron chi connectivity index (χ4n) is 11.2. The Kier molecular flexibility index (Phi) is 62.2. The number of phosphoric ester groups is 2. The van der Waals surface area contributed by atoms with Gasteiger partial charge in [0.1, 0.15) is 19.3 Å². The molecular weight excluding hydrogens is 1220 g/mol. The Morgan fingerprint density at radius 1 is 0.301 bits per heavy atom. The zero-order chi connectivity index (χ0) is 68.9. The Hall–Kier alpha value is -1.94. The van der Waals surface area contributed by atoms with E-state index in [0.29, 0.717) is 31.6 Å². The molecule has 0 heterocycles. The van der Waals surface area contributed by atoms with Gasteiger partial charge in [-0.3, -0.25) is 37.3 Å². The lowest BCUT2D eigenvalue weighted by molar-refractivity contribution is -0.161. The third-order valence-corrected chi connectivity index (χ3v) is 19.3. The molecule has 3 unspecified atom stereocenters. The first-order valence-electron chi connectivity index (χ1n) is 38.2. The van der Waals surface area contributed by atoms with E-state index >= 15 is 0 Å². The fraction of sp³-hybridized carbons (Fsp3) is 0.946. The van der Waals surface area contributed by atoms with E-state index in [0.717, 1.165) is 114 Å². The molecule has 17 nitrogen and oxygen atoms in total. The van der Waals surface area contributed by atoms with Gasteiger partial charge in [-0.1, -0.05) is 319 Å². The molecule has 0 aromatic heterocycles. The van der Waals surface area contributed by atoms with Crippen LogP contribution in [0, 0.1) is 23.7 Å². The Morgan fingerprint density at radius 2 is 0.516 bits per heavy atom. The molecule has 0 aromatic rings. The molecule has 0 aliphatic heterocycles. The molecule has 0 bridgehead atoms. The van der Waals surface area contributed by atoms with E-state index in [-0.39, 0.29) is 25.7 Å². The fourth-order valence-corrected chi connectivity index (χ4v) is 12.7. The monoisotopic (exact) mass is 1370 g/mol. The Labute approximate surface area is 568 Å². The normalized spacial score (nSPS) is 14.5. The van der Waals surface area contributed by atoms with Crippen molar-refractivity contribution in [2.45, 2.75) is 388 Å². The number of carbonyl (C=O) groups is 4. The molecule has 6 atom stereocenters. The minimum Gasteiger partial charge on any atom is -0.462 e. The third kappa shape index (κ3) is 67.0. The molecule has 19 heteroatoms. The van der Waals surface area contributed by atoms with Crippen LogP contribution in [0.1, 0.15) is 370 Å². The largest absolute Gasteiger partial charge is 0.472 e. The average Bonchev–Trinajstić information content (AvgIpc) is 2.14. The van der Waals surface area contributed by atoms with Gasteiger partial charge in [0.15, 0.2) is 12.2 Å². The van der Waals surface area contributed by atoms with Crippen LogP contribution in [0.25, 0.3) is 0 Å². The summed E-state index contributed by atoms with van der Waals surface area (Å²) in [5.74, 6) is 0.907. The van der Waals surface area contributed by atoms with Crippen LogP contribution < -0.4 is 0 Å². The number of hydrogen-bond donors (Lipinski definition) is 3. The van der Waals surface area contributed by atoms with Crippen LogP contribution in [-0.4, -0.2) is 96.7 Å². The maximum absolute atomic E-state index is 13.0. The molecule has 0 saturated heterocycles. The zero-order valence-electron chi connectivity index (χ0n) is 60.9. The summed E-state index contributed by atoms with van der Waals surface area (Å²) in [6, 6.07) is 0. The first-order valence-corrected chi connectivity index (χ1v) is 41.2. The highest BCUT2D eigenvalue weighted by Gasteiger charge is 2.30. The quantitative estimate of drug-likeness (QED) is 0.0222. The highest BCUT2D eigenvalue weighted by Crippen LogP contribution is 2.45. The molecule has 0 amide bonds. The lowest BCUT2D eigenvalue weighted by Gasteiger charge is -2.21. The summed E-state index contributed by atoms with van der Waals surface area (Å²) in [4.78, 5) is 72.7. The van der Waals surface area contributed by atoms with Crippen LogP contribution in [0.2, 0.25) is 0 Å². The summed E-state index contributed by atoms with van der Waals surface area (Å²) >= 11 is 0. The number of esters is 4. The van der Waals surface area contributed by atoms with Gasteiger partial charge in [-0.15, -0.1) is 0 Å². The van der Waals surface area contributed by atoms with Crippen LogP contribution >= 0.6 is 15.6 Å². The number of phosphoric acid groups is 2. The topological polar surface area (TPSA) is 237 Å². The van der Waals surface area contributed by atoms with Gasteiger partial charge in [-0.25, -0.2) is 9.13 Å². The van der Waals surface area contributed by atoms with Crippen LogP contribution in [0.3, 0.4) is 0 Å². The predicted octanol–water partition coefficient (Wildman–Crippen LogP) is 21.3. The van der Waals surface area contributed by atoms with Crippen LogP contribution in [0.4, 0.5) is 0 Å². The van der Waals surface area contributed by atoms with Gasteiger partial charge in [-0.2, -0.15) is 0 Å². The average molecular weight is 1370 g/mol. The Bertz CT molecular complexity index is 1840. The van der Waals surface area contributed by atoms with Crippen LogP contribution in [0.5, 0.6) is 0 Å². The number of aliphatic hydroxyl groups is 1. The predicted molar refractivity (Wildman–Crippen MR) is 377 cm³/mol. The van der Waals surface area contributed by atoms with Crippen molar-refractivity contribution >= 4 is 39.5 Å². The van der Waals surface area contributed by atoms with Gasteiger partial charge in [0.2, 0.25) is 0 Å². The molecule has 93 heavy (non-hydrogen) atoms. The molecular formula is C74H144O17P2. The van der Waals surface area contributed by atoms with Gasteiger partial charge in [-0.05, 0) is 49.4 Å². The number of unbranched alkanes of at least 4 members (excludes halogenated alkanes) is 36. The number of ether oxygens (including phenoxy) is 4. The first kappa shape index (κ1) is 91.1. The second-order valence-electron chi connectivity index (χ2n) is 28.4. The highest BCUT2D eigenvalue weighted by molar-refractivity contribution is 7.47. The molecule has 0 aromatic carbocycles. The van der Waals surface area contributed by atoms with Gasteiger partial charge >= 0.3 is 39.5 Å². The van der Waals surface area contributed by atoms with E-state index in [9.17, 15) is 43.2 Å². The molecule has 0 saturated carbocycles. The second kappa shape index (κ2) is 63.5. The summed E-state index contributed by atoms with van der Waals surface area (Å²) in [6.07, 6.45) is 47.3. The van der Waals surface area contributed by atoms with Crippen molar-refractivity contribution < 1.29 is 80.2 Å². The van der Waals surface area contributed by atoms with E-state index in [2.05, 4.69) is 55.4 Å². The molecule has 0 spiro atoms. The molecule has 0 fully saturated rings. The lowest BCUT2D eigenvalue weighted by atomic mass is 9.99. The minimum atomic E-state index is -4.95. The maximum atomic E-state index is 13.0. The standard InChI is InChI=1S/C74H144O17P2/c1-9-67(8)53-45-37-28-22-16-12-10-11-13-17-24-30-40-48-56-73(78)91-70(61-85-72(77)55-47-39-33-32-36-44-52-66(6)7)63-89-93(82,83)87-59-68(75)58-86-92(80,81)88-62-69(90-74(79)57-49-41-31-25-19-21-27-35-43-51-65(4)5)60-84-71(76)54-46-38-29-23-18-14-15-20-26-34-42-50-64(2)3/h64-70,75H,9-63H2,1-8H3,(H,80,81)(H,82,83)/t67?,68-,69-,70-/m1/s1. The molecule has 0 radical (unpaired) electrons. The van der Waals surface area contributed by atoms with Crippen molar-refractivity contribution in [3.63, 3.8) is 0 Å². The Balaban J connectivity index is 5.22. The van der Waals surface area contributed by atoms with Crippen molar-refractivity contribution in [1.29, 1.82) is 0 Å². The van der Waals surface area contributed by atoms with E-state index in [4.69, 9.17) is 37.0 Å². The summed E-state index contributed by atoms with van der Waals surface area (Å²) in [5, 5.41) is 10.6. The van der Waals surface area contributed by atoms with Gasteiger partial charge < -0.3 is 33.8 Å². The Morgan fingerprint density at radius 3 is 0.763 bits per heavy atom. The molecule has 0 aliphatic rings. The second-order valence-corrected chi connectivity index (χ2v) is 31.3. The van der Waals surface area contributed by atoms with Crippen molar-refractivity contribution in [2.24, 2.45) is 23.7 Å². The van der Waals surface area contributed by atoms with Crippen molar-refractivity contribution in [2.75, 3.05) is 39.6 Å². The summed E-state index contributed by atoms with van der Waals surface area (Å²) in [7, 11) is -9.91. The number of aliphatic hydroxyl groups excluding tert-OH is 1. The zero-order valence-corrected chi connectivity index (χ0v) is 62.7. The smallest absolute Gasteiger partial charge is 0.462 e. The molecule has 0 aliphatic carbocycles. The van der Waals surface area contributed by atoms with E-state index < -0.39 is 97.5 Å². The minimum absolute atomic E-state index is 0.105. The van der Waals surface area contributed by atoms with Crippen molar-refractivity contribution in [1.82, 2.24) is 0 Å². The van der Waals surface area contributed by atoms with Gasteiger partial charge in [0.05, 0.1) is 26.4 Å². The molecule has 3 N–H and O–H groups in total. The SMILES string of the molecule is CCC(C)CCCCCCCCCCCCCCCCC(=O)O[C@H](COC(=O)CCCCCCCCC(C)C)COP(=O)(O)OC[C@H](O)COP(=O)(O)OC[C@@H](COC(=O)CCCCCCCCCCCCCC(C)C)OC(=O)CCCCCCCCCCCC(C)C. The van der Waals surface area contributed by atoms with E-state index in [1.807, 2.05) is 0 Å². The first-order chi connectivity index (χ1) is 44.6. The third-order valence-electron chi connectivity index (χ3n) is 17.4. The molecule has 552 valence electrons. The summed E-state index contributed by atoms with van der Waals surface area (Å²) in [6.45, 7) is 14.1. The van der Waals surface area contributed by atoms with Crippen LogP contribution in [0.15, 0.2) is 0 Å². The number of rotatable bonds is 71. The number of hydrogen-bond acceptors (Lipinski definition) is 15. The summed E-state index contributed by atoms with van der Waals surface area (Å²) in [5.41, 5.74) is 0. The maximum Gasteiger partial charge on any atom is 0.472 e. The number of carbonyl (C=O) groups excluding carboxylic acids is 4. The molecule has 0 rings (SSSR count). The van der Waals surface area contributed by atoms with Gasteiger partial charge in [0.25, 0.3) is 0 Å². The van der Waals surface area contributed by atoms with E-state index in [1.54, 1.807) is 0 Å². The van der Waals surface area contributed by atoms with Crippen molar-refractivity contribution in [3.8, 4) is 0 Å². The van der Waals surface area contributed by atoms with Crippen LogP contribution in [-0.2, 0) is 65.4 Å².